The van der Waals surface area contributed by atoms with Crippen LogP contribution in [0, 0.1) is 6.92 Å². The van der Waals surface area contributed by atoms with E-state index >= 15 is 0 Å². The number of nitrogen functional groups attached to an aromatic ring is 1. The van der Waals surface area contributed by atoms with Gasteiger partial charge < -0.3 is 10.8 Å². The maximum absolute atomic E-state index is 12.2. The van der Waals surface area contributed by atoms with Crippen molar-refractivity contribution >= 4 is 33.0 Å². The Morgan fingerprint density at radius 1 is 1.48 bits per heavy atom. The molecule has 0 spiro atoms. The Bertz CT molecular complexity index is 784. The van der Waals surface area contributed by atoms with Crippen LogP contribution in [0.15, 0.2) is 29.3 Å². The summed E-state index contributed by atoms with van der Waals surface area (Å²) in [5.74, 6) is -1.17. The summed E-state index contributed by atoms with van der Waals surface area (Å²) in [7, 11) is -3.82. The number of hydrogen-bond acceptors (Lipinski definition) is 6. The Kier molecular flexibility index (Phi) is 4.26. The summed E-state index contributed by atoms with van der Waals surface area (Å²) in [4.78, 5) is 15.7. The van der Waals surface area contributed by atoms with Crippen LogP contribution >= 0.6 is 11.3 Å². The third-order valence-electron chi connectivity index (χ3n) is 2.63. The number of carbonyl (C=O) groups is 1. The Labute approximate surface area is 125 Å². The first-order chi connectivity index (χ1) is 9.79. The van der Waals surface area contributed by atoms with Gasteiger partial charge in [0, 0.05) is 11.1 Å². The van der Waals surface area contributed by atoms with E-state index in [1.807, 2.05) is 6.92 Å². The molecule has 0 saturated carbocycles. The normalized spacial score (nSPS) is 11.5. The lowest BCUT2D eigenvalue weighted by molar-refractivity contribution is 0.0697. The Hall–Kier alpha value is -1.97. The lowest BCUT2D eigenvalue weighted by atomic mass is 10.2. The third-order valence-corrected chi connectivity index (χ3v) is 5.02. The molecular weight excluding hydrogens is 314 g/mol. The van der Waals surface area contributed by atoms with Crippen molar-refractivity contribution in [2.45, 2.75) is 18.4 Å². The first kappa shape index (κ1) is 15.4. The summed E-state index contributed by atoms with van der Waals surface area (Å²) in [6.07, 6.45) is 1.66. The summed E-state index contributed by atoms with van der Waals surface area (Å²) in [5, 5.41) is 9.47. The number of carboxylic acid groups (broad SMARTS) is 1. The van der Waals surface area contributed by atoms with E-state index in [2.05, 4.69) is 9.71 Å². The summed E-state index contributed by atoms with van der Waals surface area (Å²) < 4.78 is 26.7. The zero-order valence-corrected chi connectivity index (χ0v) is 12.7. The minimum atomic E-state index is -3.82. The van der Waals surface area contributed by atoms with Crippen molar-refractivity contribution in [3.05, 3.63) is 39.8 Å². The van der Waals surface area contributed by atoms with Gasteiger partial charge in [-0.2, -0.15) is 0 Å². The second kappa shape index (κ2) is 5.80. The highest BCUT2D eigenvalue weighted by Crippen LogP contribution is 2.20. The zero-order chi connectivity index (χ0) is 15.6. The molecule has 0 atom stereocenters. The van der Waals surface area contributed by atoms with E-state index in [0.717, 1.165) is 10.9 Å². The van der Waals surface area contributed by atoms with Crippen molar-refractivity contribution in [2.24, 2.45) is 0 Å². The molecule has 21 heavy (non-hydrogen) atoms. The maximum atomic E-state index is 12.2. The molecule has 0 unspecified atom stereocenters. The van der Waals surface area contributed by atoms with E-state index in [-0.39, 0.29) is 22.7 Å². The number of anilines is 1. The minimum Gasteiger partial charge on any atom is -0.478 e. The molecule has 0 bridgehead atoms. The summed E-state index contributed by atoms with van der Waals surface area (Å²) in [6, 6.07) is 3.49. The average molecular weight is 327 g/mol. The Morgan fingerprint density at radius 3 is 2.71 bits per heavy atom. The molecule has 4 N–H and O–H groups in total. The monoisotopic (exact) mass is 327 g/mol. The van der Waals surface area contributed by atoms with Gasteiger partial charge >= 0.3 is 5.97 Å². The molecule has 112 valence electrons. The minimum absolute atomic E-state index is 0.0565. The summed E-state index contributed by atoms with van der Waals surface area (Å²) >= 11 is 1.39. The summed E-state index contributed by atoms with van der Waals surface area (Å²) in [6.45, 7) is 1.93. The molecule has 1 aromatic carbocycles. The predicted octanol–water partition coefficient (Wildman–Crippen LogP) is 1.21. The number of nitrogens with zero attached hydrogens (tertiary/aromatic N) is 1. The van der Waals surface area contributed by atoms with E-state index in [0.29, 0.717) is 5.01 Å². The molecule has 0 amide bonds. The largest absolute Gasteiger partial charge is 0.478 e. The number of aryl methyl sites for hydroxylation is 1. The molecule has 2 rings (SSSR count). The number of aromatic carboxylic acids is 1. The Morgan fingerprint density at radius 2 is 2.19 bits per heavy atom. The molecule has 0 aliphatic heterocycles. The van der Waals surface area contributed by atoms with Gasteiger partial charge in [-0.25, -0.2) is 22.9 Å². The topological polar surface area (TPSA) is 122 Å². The van der Waals surface area contributed by atoms with Crippen molar-refractivity contribution < 1.29 is 18.3 Å². The molecule has 0 aliphatic carbocycles. The van der Waals surface area contributed by atoms with Crippen LogP contribution in [-0.4, -0.2) is 24.5 Å². The van der Waals surface area contributed by atoms with Gasteiger partial charge in [0.1, 0.15) is 9.90 Å². The van der Waals surface area contributed by atoms with Crippen LogP contribution in [0.25, 0.3) is 0 Å². The molecule has 0 aliphatic rings. The number of carboxylic acids is 1. The summed E-state index contributed by atoms with van der Waals surface area (Å²) in [5.41, 5.74) is 5.44. The van der Waals surface area contributed by atoms with Gasteiger partial charge in [0.25, 0.3) is 0 Å². The van der Waals surface area contributed by atoms with E-state index in [4.69, 9.17) is 10.8 Å². The standard InChI is InChI=1S/C12H13N3O4S2/c1-7-5-14-11(20-7)6-15-21(18,19)10-3-2-8(12(16)17)4-9(10)13/h2-5,15H,6,13H2,1H3,(H,16,17). The number of nitrogens with one attached hydrogen (secondary N) is 1. The fourth-order valence-corrected chi connectivity index (χ4v) is 3.56. The smallest absolute Gasteiger partial charge is 0.335 e. The van der Waals surface area contributed by atoms with Crippen molar-refractivity contribution in [3.63, 3.8) is 0 Å². The molecular formula is C12H13N3O4S2. The van der Waals surface area contributed by atoms with E-state index in [9.17, 15) is 13.2 Å². The molecule has 0 radical (unpaired) electrons. The highest BCUT2D eigenvalue weighted by Gasteiger charge is 2.19. The maximum Gasteiger partial charge on any atom is 0.335 e. The van der Waals surface area contributed by atoms with Gasteiger partial charge in [0.15, 0.2) is 0 Å². The first-order valence-corrected chi connectivity index (χ1v) is 8.13. The van der Waals surface area contributed by atoms with E-state index < -0.39 is 16.0 Å². The number of rotatable bonds is 5. The second-order valence-electron chi connectivity index (χ2n) is 4.25. The zero-order valence-electron chi connectivity index (χ0n) is 11.0. The van der Waals surface area contributed by atoms with Gasteiger partial charge in [-0.3, -0.25) is 0 Å². The number of nitrogens with two attached hydrogens (primary N) is 1. The van der Waals surface area contributed by atoms with Crippen LogP contribution in [0.1, 0.15) is 20.2 Å². The number of hydrogen-bond donors (Lipinski definition) is 3. The first-order valence-electron chi connectivity index (χ1n) is 5.83. The highest BCUT2D eigenvalue weighted by atomic mass is 32.2. The third kappa shape index (κ3) is 3.57. The van der Waals surface area contributed by atoms with Crippen LogP contribution in [0.5, 0.6) is 0 Å². The van der Waals surface area contributed by atoms with Crippen LogP contribution in [-0.2, 0) is 16.6 Å². The molecule has 9 heteroatoms. The average Bonchev–Trinajstić information content (AvgIpc) is 2.82. The van der Waals surface area contributed by atoms with Crippen LogP contribution < -0.4 is 10.5 Å². The van der Waals surface area contributed by atoms with Gasteiger partial charge in [0.05, 0.1) is 17.8 Å². The number of thiazole rings is 1. The Balaban J connectivity index is 2.21. The van der Waals surface area contributed by atoms with Gasteiger partial charge in [-0.15, -0.1) is 11.3 Å². The number of sulfonamides is 1. The number of aromatic nitrogens is 1. The lowest BCUT2D eigenvalue weighted by Gasteiger charge is -2.08. The van der Waals surface area contributed by atoms with Gasteiger partial charge in [-0.05, 0) is 25.1 Å². The SMILES string of the molecule is Cc1cnc(CNS(=O)(=O)c2ccc(C(=O)O)cc2N)s1. The van der Waals surface area contributed by atoms with Crippen molar-refractivity contribution in [2.75, 3.05) is 5.73 Å². The fraction of sp³-hybridized carbons (Fsp3) is 0.167. The molecule has 1 heterocycles. The molecule has 0 fully saturated rings. The van der Waals surface area contributed by atoms with Gasteiger partial charge in [-0.1, -0.05) is 0 Å². The van der Waals surface area contributed by atoms with E-state index in [1.54, 1.807) is 6.20 Å². The van der Waals surface area contributed by atoms with Crippen molar-refractivity contribution in [1.82, 2.24) is 9.71 Å². The quantitative estimate of drug-likeness (QED) is 0.709. The number of benzene rings is 1. The molecule has 1 aromatic heterocycles. The fourth-order valence-electron chi connectivity index (χ4n) is 1.64. The van der Waals surface area contributed by atoms with Crippen LogP contribution in [0.4, 0.5) is 5.69 Å². The lowest BCUT2D eigenvalue weighted by Crippen LogP contribution is -2.24. The predicted molar refractivity (Wildman–Crippen MR) is 78.7 cm³/mol. The highest BCUT2D eigenvalue weighted by molar-refractivity contribution is 7.89. The van der Waals surface area contributed by atoms with Crippen LogP contribution in [0.2, 0.25) is 0 Å². The second-order valence-corrected chi connectivity index (χ2v) is 7.30. The van der Waals surface area contributed by atoms with Crippen LogP contribution in [0.3, 0.4) is 0 Å². The van der Waals surface area contributed by atoms with Crippen molar-refractivity contribution in [3.8, 4) is 0 Å². The molecule has 0 saturated heterocycles. The molecule has 7 nitrogen and oxygen atoms in total. The van der Waals surface area contributed by atoms with Gasteiger partial charge in [0.2, 0.25) is 10.0 Å². The molecule has 2 aromatic rings. The van der Waals surface area contributed by atoms with Crippen molar-refractivity contribution in [1.29, 1.82) is 0 Å². The van der Waals surface area contributed by atoms with E-state index in [1.165, 1.54) is 23.5 Å².